The van der Waals surface area contributed by atoms with E-state index in [1.165, 1.54) is 0 Å². The van der Waals surface area contributed by atoms with E-state index in [1.807, 2.05) is 6.07 Å². The molecule has 0 fully saturated rings. The van der Waals surface area contributed by atoms with Crippen LogP contribution in [0.4, 0.5) is 0 Å². The number of pyridine rings is 1. The highest BCUT2D eigenvalue weighted by Gasteiger charge is 2.07. The molecule has 0 bridgehead atoms. The fourth-order valence-electron chi connectivity index (χ4n) is 1.49. The standard InChI is InChI=1S/C14H12IN3O2/c1-20-13-5-4-11(7-12(13)15)14(19)18-17-9-10-3-2-6-16-8-10/h2-9H,1H3,(H,18,19)/b17-9+. The Labute approximate surface area is 130 Å². The van der Waals surface area contributed by atoms with Crippen molar-refractivity contribution in [1.29, 1.82) is 0 Å². The SMILES string of the molecule is COc1ccc(C(=O)N/N=C/c2cccnc2)cc1I. The number of aromatic nitrogens is 1. The zero-order valence-corrected chi connectivity index (χ0v) is 12.9. The van der Waals surface area contributed by atoms with Gasteiger partial charge < -0.3 is 4.74 Å². The lowest BCUT2D eigenvalue weighted by Crippen LogP contribution is -2.17. The summed E-state index contributed by atoms with van der Waals surface area (Å²) in [6, 6.07) is 8.83. The average molecular weight is 381 g/mol. The van der Waals surface area contributed by atoms with Crippen molar-refractivity contribution in [3.8, 4) is 5.75 Å². The zero-order chi connectivity index (χ0) is 14.4. The second-order valence-corrected chi connectivity index (χ2v) is 5.00. The third kappa shape index (κ3) is 3.77. The minimum Gasteiger partial charge on any atom is -0.496 e. The molecule has 0 radical (unpaired) electrons. The number of nitrogens with one attached hydrogen (secondary N) is 1. The summed E-state index contributed by atoms with van der Waals surface area (Å²) < 4.78 is 6.01. The number of rotatable bonds is 4. The lowest BCUT2D eigenvalue weighted by atomic mass is 10.2. The summed E-state index contributed by atoms with van der Waals surface area (Å²) in [5.74, 6) is 0.465. The number of methoxy groups -OCH3 is 1. The van der Waals surface area contributed by atoms with Crippen molar-refractivity contribution in [2.45, 2.75) is 0 Å². The molecule has 20 heavy (non-hydrogen) atoms. The molecule has 1 heterocycles. The highest BCUT2D eigenvalue weighted by atomic mass is 127. The second-order valence-electron chi connectivity index (χ2n) is 3.83. The number of nitrogens with zero attached hydrogens (tertiary/aromatic N) is 2. The molecule has 6 heteroatoms. The van der Waals surface area contributed by atoms with Gasteiger partial charge in [-0.2, -0.15) is 5.10 Å². The van der Waals surface area contributed by atoms with Gasteiger partial charge in [0, 0.05) is 23.5 Å². The number of hydrogen-bond donors (Lipinski definition) is 1. The molecule has 0 unspecified atom stereocenters. The Morgan fingerprint density at radius 1 is 1.45 bits per heavy atom. The van der Waals surface area contributed by atoms with Gasteiger partial charge in [0.2, 0.25) is 0 Å². The predicted molar refractivity (Wildman–Crippen MR) is 85.0 cm³/mol. The molecule has 0 spiro atoms. The number of carbonyl (C=O) groups excluding carboxylic acids is 1. The van der Waals surface area contributed by atoms with E-state index in [2.05, 4.69) is 38.1 Å². The second kappa shape index (κ2) is 6.99. The third-order valence-corrected chi connectivity index (χ3v) is 3.32. The lowest BCUT2D eigenvalue weighted by molar-refractivity contribution is 0.0955. The summed E-state index contributed by atoms with van der Waals surface area (Å²) in [4.78, 5) is 15.9. The minimum absolute atomic E-state index is 0.272. The maximum atomic E-state index is 11.9. The summed E-state index contributed by atoms with van der Waals surface area (Å²) in [6.45, 7) is 0. The Morgan fingerprint density at radius 3 is 2.95 bits per heavy atom. The number of ether oxygens (including phenoxy) is 1. The number of amides is 1. The summed E-state index contributed by atoms with van der Waals surface area (Å²) in [5, 5.41) is 3.89. The van der Waals surface area contributed by atoms with E-state index in [1.54, 1.807) is 50.0 Å². The maximum Gasteiger partial charge on any atom is 0.271 e. The fraction of sp³-hybridized carbons (Fsp3) is 0.0714. The molecule has 1 aromatic heterocycles. The van der Waals surface area contributed by atoms with E-state index in [0.29, 0.717) is 5.56 Å². The molecule has 0 aliphatic carbocycles. The van der Waals surface area contributed by atoms with Crippen LogP contribution < -0.4 is 10.2 Å². The average Bonchev–Trinajstić information content (AvgIpc) is 2.48. The first-order valence-corrected chi connectivity index (χ1v) is 6.85. The van der Waals surface area contributed by atoms with Gasteiger partial charge in [-0.3, -0.25) is 9.78 Å². The molecule has 2 aromatic rings. The van der Waals surface area contributed by atoms with E-state index in [9.17, 15) is 4.79 Å². The van der Waals surface area contributed by atoms with Gasteiger partial charge >= 0.3 is 0 Å². The number of hydrazone groups is 1. The Morgan fingerprint density at radius 2 is 2.30 bits per heavy atom. The van der Waals surface area contributed by atoms with E-state index in [4.69, 9.17) is 4.74 Å². The first-order chi connectivity index (χ1) is 9.70. The van der Waals surface area contributed by atoms with Gasteiger partial charge in [-0.1, -0.05) is 6.07 Å². The highest BCUT2D eigenvalue weighted by molar-refractivity contribution is 14.1. The molecule has 0 aliphatic rings. The number of benzene rings is 1. The van der Waals surface area contributed by atoms with Crippen molar-refractivity contribution in [3.05, 3.63) is 57.4 Å². The van der Waals surface area contributed by atoms with E-state index >= 15 is 0 Å². The summed E-state index contributed by atoms with van der Waals surface area (Å²) >= 11 is 2.11. The third-order valence-electron chi connectivity index (χ3n) is 2.48. The molecule has 0 saturated heterocycles. The first kappa shape index (κ1) is 14.4. The van der Waals surface area contributed by atoms with E-state index in [0.717, 1.165) is 14.9 Å². The van der Waals surface area contributed by atoms with Crippen LogP contribution in [0.25, 0.3) is 0 Å². The van der Waals surface area contributed by atoms with Crippen LogP contribution >= 0.6 is 22.6 Å². The minimum atomic E-state index is -0.272. The molecule has 5 nitrogen and oxygen atoms in total. The predicted octanol–water partition coefficient (Wildman–Crippen LogP) is 2.46. The largest absolute Gasteiger partial charge is 0.496 e. The van der Waals surface area contributed by atoms with Gasteiger partial charge in [-0.05, 0) is 46.9 Å². The Hall–Kier alpha value is -1.96. The van der Waals surface area contributed by atoms with Gasteiger partial charge in [-0.25, -0.2) is 5.43 Å². The Bertz CT molecular complexity index is 630. The molecule has 0 atom stereocenters. The molecule has 1 N–H and O–H groups in total. The van der Waals surface area contributed by atoms with Crippen LogP contribution in [0, 0.1) is 3.57 Å². The first-order valence-electron chi connectivity index (χ1n) is 5.77. The zero-order valence-electron chi connectivity index (χ0n) is 10.7. The van der Waals surface area contributed by atoms with Gasteiger partial charge in [0.1, 0.15) is 5.75 Å². The smallest absolute Gasteiger partial charge is 0.271 e. The Balaban J connectivity index is 2.02. The molecule has 1 aromatic carbocycles. The van der Waals surface area contributed by atoms with Crippen LogP contribution in [-0.4, -0.2) is 24.2 Å². The fourth-order valence-corrected chi connectivity index (χ4v) is 2.23. The molecular formula is C14H12IN3O2. The van der Waals surface area contributed by atoms with Crippen molar-refractivity contribution in [3.63, 3.8) is 0 Å². The highest BCUT2D eigenvalue weighted by Crippen LogP contribution is 2.21. The van der Waals surface area contributed by atoms with Crippen molar-refractivity contribution in [1.82, 2.24) is 10.4 Å². The number of hydrogen-bond acceptors (Lipinski definition) is 4. The van der Waals surface area contributed by atoms with Crippen LogP contribution in [0.5, 0.6) is 5.75 Å². The van der Waals surface area contributed by atoms with Crippen LogP contribution in [0.15, 0.2) is 47.8 Å². The van der Waals surface area contributed by atoms with Gasteiger partial charge in [0.05, 0.1) is 16.9 Å². The monoisotopic (exact) mass is 381 g/mol. The molecule has 102 valence electrons. The van der Waals surface area contributed by atoms with Crippen molar-refractivity contribution >= 4 is 34.7 Å². The topological polar surface area (TPSA) is 63.6 Å². The summed E-state index contributed by atoms with van der Waals surface area (Å²) in [7, 11) is 1.59. The van der Waals surface area contributed by atoms with Gasteiger partial charge in [0.25, 0.3) is 5.91 Å². The van der Waals surface area contributed by atoms with Crippen LogP contribution in [0.3, 0.4) is 0 Å². The molecule has 0 saturated carbocycles. The van der Waals surface area contributed by atoms with Crippen LogP contribution in [-0.2, 0) is 0 Å². The summed E-state index contributed by atoms with van der Waals surface area (Å²) in [5.41, 5.74) is 3.81. The normalized spacial score (nSPS) is 10.5. The van der Waals surface area contributed by atoms with Crippen molar-refractivity contribution in [2.24, 2.45) is 5.10 Å². The molecule has 2 rings (SSSR count). The Kier molecular flexibility index (Phi) is 5.05. The quantitative estimate of drug-likeness (QED) is 0.503. The number of halogens is 1. The lowest BCUT2D eigenvalue weighted by Gasteiger charge is -2.05. The molecular weight excluding hydrogens is 369 g/mol. The van der Waals surface area contributed by atoms with Gasteiger partial charge in [-0.15, -0.1) is 0 Å². The van der Waals surface area contributed by atoms with Crippen LogP contribution in [0.1, 0.15) is 15.9 Å². The molecule has 1 amide bonds. The van der Waals surface area contributed by atoms with Crippen molar-refractivity contribution in [2.75, 3.05) is 7.11 Å². The number of carbonyl (C=O) groups is 1. The maximum absolute atomic E-state index is 11.9. The van der Waals surface area contributed by atoms with Crippen LogP contribution in [0.2, 0.25) is 0 Å². The van der Waals surface area contributed by atoms with E-state index in [-0.39, 0.29) is 5.91 Å². The summed E-state index contributed by atoms with van der Waals surface area (Å²) in [6.07, 6.45) is 4.88. The van der Waals surface area contributed by atoms with Gasteiger partial charge in [0.15, 0.2) is 0 Å². The molecule has 0 aliphatic heterocycles. The van der Waals surface area contributed by atoms with Crippen molar-refractivity contribution < 1.29 is 9.53 Å². The van der Waals surface area contributed by atoms with E-state index < -0.39 is 0 Å².